The van der Waals surface area contributed by atoms with Crippen molar-refractivity contribution < 1.29 is 9.47 Å². The van der Waals surface area contributed by atoms with E-state index in [9.17, 15) is 0 Å². The van der Waals surface area contributed by atoms with Gasteiger partial charge < -0.3 is 19.7 Å². The number of nitrogens with one attached hydrogen (secondary N) is 1. The van der Waals surface area contributed by atoms with Crippen molar-refractivity contribution in [2.45, 2.75) is 18.9 Å². The molecule has 1 N–H and O–H groups in total. The van der Waals surface area contributed by atoms with Crippen LogP contribution >= 0.6 is 0 Å². The van der Waals surface area contributed by atoms with Gasteiger partial charge in [-0.2, -0.15) is 0 Å². The number of aliphatic imine (C=N–C) groups is 1. The number of benzene rings is 1. The lowest BCUT2D eigenvalue weighted by Crippen LogP contribution is -2.43. The zero-order valence-electron chi connectivity index (χ0n) is 14.8. The maximum absolute atomic E-state index is 5.98. The van der Waals surface area contributed by atoms with Crippen LogP contribution in [0.3, 0.4) is 0 Å². The van der Waals surface area contributed by atoms with Crippen LogP contribution in [0, 0.1) is 11.8 Å². The Labute approximate surface area is 145 Å². The summed E-state index contributed by atoms with van der Waals surface area (Å²) >= 11 is 0. The van der Waals surface area contributed by atoms with E-state index < -0.39 is 0 Å². The molecule has 3 atom stereocenters. The molecule has 0 spiro atoms. The average Bonchev–Trinajstić information content (AvgIpc) is 3.28. The van der Waals surface area contributed by atoms with Gasteiger partial charge in [0.2, 0.25) is 0 Å². The maximum atomic E-state index is 5.98. The topological polar surface area (TPSA) is 46.1 Å². The third-order valence-electron chi connectivity index (χ3n) is 4.99. The molecule has 3 unspecified atom stereocenters. The molecule has 5 heteroatoms. The van der Waals surface area contributed by atoms with Crippen molar-refractivity contribution in [3.8, 4) is 0 Å². The van der Waals surface area contributed by atoms with E-state index in [1.807, 2.05) is 7.05 Å². The van der Waals surface area contributed by atoms with Gasteiger partial charge in [0.1, 0.15) is 0 Å². The highest BCUT2D eigenvalue weighted by atomic mass is 16.5. The van der Waals surface area contributed by atoms with Crippen molar-refractivity contribution in [1.29, 1.82) is 0 Å². The van der Waals surface area contributed by atoms with E-state index in [4.69, 9.17) is 9.47 Å². The van der Waals surface area contributed by atoms with E-state index in [1.165, 1.54) is 5.56 Å². The Bertz CT molecular complexity index is 529. The number of ether oxygens (including phenoxy) is 2. The molecule has 1 aromatic carbocycles. The summed E-state index contributed by atoms with van der Waals surface area (Å²) in [7, 11) is 3.96. The number of hydrogen-bond donors (Lipinski definition) is 1. The van der Waals surface area contributed by atoms with Gasteiger partial charge in [0.25, 0.3) is 0 Å². The van der Waals surface area contributed by atoms with E-state index in [-0.39, 0.29) is 6.10 Å². The van der Waals surface area contributed by atoms with Crippen LogP contribution in [0.5, 0.6) is 0 Å². The van der Waals surface area contributed by atoms with Crippen molar-refractivity contribution >= 4 is 5.96 Å². The van der Waals surface area contributed by atoms with Crippen LogP contribution in [0.25, 0.3) is 0 Å². The molecule has 132 valence electrons. The van der Waals surface area contributed by atoms with Crippen LogP contribution < -0.4 is 5.32 Å². The van der Waals surface area contributed by atoms with Gasteiger partial charge in [0, 0.05) is 52.2 Å². The van der Waals surface area contributed by atoms with Crippen molar-refractivity contribution in [2.75, 3.05) is 47.0 Å². The highest BCUT2D eigenvalue weighted by molar-refractivity contribution is 5.79. The van der Waals surface area contributed by atoms with E-state index >= 15 is 0 Å². The molecular weight excluding hydrogens is 302 g/mol. The van der Waals surface area contributed by atoms with E-state index in [2.05, 4.69) is 52.6 Å². The highest BCUT2D eigenvalue weighted by Crippen LogP contribution is 2.33. The fourth-order valence-corrected chi connectivity index (χ4v) is 3.66. The summed E-state index contributed by atoms with van der Waals surface area (Å²) in [5.41, 5.74) is 1.27. The quantitative estimate of drug-likeness (QED) is 0.664. The number of guanidine groups is 1. The lowest BCUT2D eigenvalue weighted by atomic mass is 9.95. The molecule has 0 aliphatic carbocycles. The van der Waals surface area contributed by atoms with Crippen LogP contribution in [-0.2, 0) is 9.47 Å². The third-order valence-corrected chi connectivity index (χ3v) is 4.99. The Hall–Kier alpha value is -1.59. The Kier molecular flexibility index (Phi) is 6.10. The van der Waals surface area contributed by atoms with Gasteiger partial charge in [-0.15, -0.1) is 0 Å². The van der Waals surface area contributed by atoms with Crippen LogP contribution in [0.4, 0.5) is 0 Å². The number of hydrogen-bond acceptors (Lipinski definition) is 3. The molecule has 2 saturated heterocycles. The molecule has 2 aliphatic heterocycles. The van der Waals surface area contributed by atoms with E-state index in [0.717, 1.165) is 51.7 Å². The van der Waals surface area contributed by atoms with Crippen LogP contribution in [0.15, 0.2) is 35.3 Å². The molecule has 0 bridgehead atoms. The first-order chi connectivity index (χ1) is 11.8. The van der Waals surface area contributed by atoms with Gasteiger partial charge >= 0.3 is 0 Å². The van der Waals surface area contributed by atoms with Crippen LogP contribution in [0.1, 0.15) is 24.5 Å². The largest absolute Gasteiger partial charge is 0.381 e. The zero-order valence-corrected chi connectivity index (χ0v) is 14.8. The summed E-state index contributed by atoms with van der Waals surface area (Å²) in [5, 5.41) is 3.54. The second-order valence-corrected chi connectivity index (χ2v) is 6.79. The Morgan fingerprint density at radius 2 is 2.08 bits per heavy atom. The highest BCUT2D eigenvalue weighted by Gasteiger charge is 2.30. The lowest BCUT2D eigenvalue weighted by molar-refractivity contribution is 0.0913. The van der Waals surface area contributed by atoms with Gasteiger partial charge in [0.15, 0.2) is 5.96 Å². The van der Waals surface area contributed by atoms with Crippen molar-refractivity contribution in [3.63, 3.8) is 0 Å². The van der Waals surface area contributed by atoms with Crippen molar-refractivity contribution in [3.05, 3.63) is 35.9 Å². The van der Waals surface area contributed by atoms with Gasteiger partial charge in [-0.1, -0.05) is 30.3 Å². The SMILES string of the molecule is CN=C(NCC1CCOC1c1ccccc1)N(C)CC1CCOC1. The molecule has 2 heterocycles. The molecule has 24 heavy (non-hydrogen) atoms. The predicted octanol–water partition coefficient (Wildman–Crippen LogP) is 2.31. The minimum atomic E-state index is 0.186. The number of nitrogens with zero attached hydrogens (tertiary/aromatic N) is 2. The fraction of sp³-hybridized carbons (Fsp3) is 0.632. The Morgan fingerprint density at radius 1 is 1.25 bits per heavy atom. The average molecular weight is 331 g/mol. The Balaban J connectivity index is 1.53. The summed E-state index contributed by atoms with van der Waals surface area (Å²) in [4.78, 5) is 6.65. The fourth-order valence-electron chi connectivity index (χ4n) is 3.66. The summed E-state index contributed by atoms with van der Waals surface area (Å²) < 4.78 is 11.4. The predicted molar refractivity (Wildman–Crippen MR) is 96.2 cm³/mol. The summed E-state index contributed by atoms with van der Waals surface area (Å²) in [6.45, 7) is 4.47. The molecule has 0 radical (unpaired) electrons. The second kappa shape index (κ2) is 8.49. The normalized spacial score (nSPS) is 27.4. The van der Waals surface area contributed by atoms with Crippen molar-refractivity contribution in [1.82, 2.24) is 10.2 Å². The van der Waals surface area contributed by atoms with Crippen LogP contribution in [0.2, 0.25) is 0 Å². The molecule has 3 rings (SSSR count). The van der Waals surface area contributed by atoms with E-state index in [1.54, 1.807) is 0 Å². The summed E-state index contributed by atoms with van der Waals surface area (Å²) in [5.74, 6) is 2.05. The van der Waals surface area contributed by atoms with Gasteiger partial charge in [-0.3, -0.25) is 4.99 Å². The minimum Gasteiger partial charge on any atom is -0.381 e. The Morgan fingerprint density at radius 3 is 2.79 bits per heavy atom. The monoisotopic (exact) mass is 331 g/mol. The standard InChI is InChI=1S/C19H29N3O2/c1-20-19(22(2)13-15-8-10-23-14-15)21-12-17-9-11-24-18(17)16-6-4-3-5-7-16/h3-7,15,17-18H,8-14H2,1-2H3,(H,20,21). The summed E-state index contributed by atoms with van der Waals surface area (Å²) in [6, 6.07) is 10.5. The first-order valence-corrected chi connectivity index (χ1v) is 8.94. The van der Waals surface area contributed by atoms with Gasteiger partial charge in [-0.05, 0) is 18.4 Å². The van der Waals surface area contributed by atoms with E-state index in [0.29, 0.717) is 11.8 Å². The smallest absolute Gasteiger partial charge is 0.193 e. The molecule has 1 aromatic rings. The lowest BCUT2D eigenvalue weighted by Gasteiger charge is -2.26. The zero-order chi connectivity index (χ0) is 16.8. The molecular formula is C19H29N3O2. The van der Waals surface area contributed by atoms with Gasteiger partial charge in [0.05, 0.1) is 12.7 Å². The number of rotatable bonds is 5. The maximum Gasteiger partial charge on any atom is 0.193 e. The minimum absolute atomic E-state index is 0.186. The molecule has 2 aliphatic rings. The van der Waals surface area contributed by atoms with Crippen LogP contribution in [-0.4, -0.2) is 57.9 Å². The summed E-state index contributed by atoms with van der Waals surface area (Å²) in [6.07, 6.45) is 2.42. The molecule has 0 saturated carbocycles. The van der Waals surface area contributed by atoms with Gasteiger partial charge in [-0.25, -0.2) is 0 Å². The van der Waals surface area contributed by atoms with Crippen molar-refractivity contribution in [2.24, 2.45) is 16.8 Å². The first-order valence-electron chi connectivity index (χ1n) is 8.94. The molecule has 2 fully saturated rings. The second-order valence-electron chi connectivity index (χ2n) is 6.79. The molecule has 0 aromatic heterocycles. The molecule has 5 nitrogen and oxygen atoms in total. The molecule has 0 amide bonds. The first kappa shape index (κ1) is 17.2. The third kappa shape index (κ3) is 4.28.